The lowest BCUT2D eigenvalue weighted by atomic mass is 10.3. The molecule has 0 aliphatic carbocycles. The highest BCUT2D eigenvalue weighted by Crippen LogP contribution is 2.03. The van der Waals surface area contributed by atoms with Gasteiger partial charge in [-0.25, -0.2) is 0 Å². The first-order valence-corrected chi connectivity index (χ1v) is 6.05. The zero-order chi connectivity index (χ0) is 8.69. The average Bonchev–Trinajstić information content (AvgIpc) is 2.00. The van der Waals surface area contributed by atoms with Crippen LogP contribution in [0.1, 0.15) is 13.3 Å². The number of thioether (sulfide) groups is 1. The van der Waals surface area contributed by atoms with Crippen LogP contribution in [0.5, 0.6) is 0 Å². The number of hydrogen-bond acceptors (Lipinski definition) is 3. The fraction of sp³-hybridized carbons (Fsp3) is 1.00. The Morgan fingerprint density at radius 2 is 2.18 bits per heavy atom. The zero-order valence-electron chi connectivity index (χ0n) is 7.71. The molecule has 0 amide bonds. The van der Waals surface area contributed by atoms with Gasteiger partial charge in [-0.05, 0) is 38.9 Å². The van der Waals surface area contributed by atoms with E-state index in [2.05, 4.69) is 37.8 Å². The van der Waals surface area contributed by atoms with Gasteiger partial charge >= 0.3 is 0 Å². The molecule has 68 valence electrons. The van der Waals surface area contributed by atoms with Crippen LogP contribution >= 0.6 is 24.4 Å². The second-order valence-electron chi connectivity index (χ2n) is 2.86. The van der Waals surface area contributed by atoms with Crippen molar-refractivity contribution in [3.63, 3.8) is 0 Å². The van der Waals surface area contributed by atoms with Crippen LogP contribution in [0.4, 0.5) is 0 Å². The molecule has 0 saturated carbocycles. The molecule has 0 bridgehead atoms. The van der Waals surface area contributed by atoms with E-state index in [1.807, 2.05) is 11.8 Å². The first kappa shape index (κ1) is 11.7. The third-order valence-electron chi connectivity index (χ3n) is 1.83. The van der Waals surface area contributed by atoms with Gasteiger partial charge in [0.2, 0.25) is 0 Å². The second-order valence-corrected chi connectivity index (χ2v) is 4.22. The van der Waals surface area contributed by atoms with Gasteiger partial charge in [0.25, 0.3) is 0 Å². The smallest absolute Gasteiger partial charge is 0.0154 e. The van der Waals surface area contributed by atoms with Crippen molar-refractivity contribution in [2.24, 2.45) is 0 Å². The van der Waals surface area contributed by atoms with Gasteiger partial charge in [0, 0.05) is 11.8 Å². The third-order valence-corrected chi connectivity index (χ3v) is 2.96. The fourth-order valence-corrected chi connectivity index (χ4v) is 1.79. The molecule has 0 aliphatic rings. The van der Waals surface area contributed by atoms with Crippen LogP contribution in [0.2, 0.25) is 0 Å². The molecule has 0 aromatic carbocycles. The minimum absolute atomic E-state index is 0.699. The Labute approximate surface area is 80.3 Å². The molecule has 0 heterocycles. The van der Waals surface area contributed by atoms with Crippen molar-refractivity contribution < 1.29 is 0 Å². The van der Waals surface area contributed by atoms with E-state index in [-0.39, 0.29) is 0 Å². The first-order chi connectivity index (χ1) is 5.22. The van der Waals surface area contributed by atoms with Crippen molar-refractivity contribution >= 4 is 24.4 Å². The number of nitrogens with zero attached hydrogens (tertiary/aromatic N) is 1. The van der Waals surface area contributed by atoms with Crippen molar-refractivity contribution in [1.82, 2.24) is 4.90 Å². The minimum atomic E-state index is 0.699. The van der Waals surface area contributed by atoms with Crippen LogP contribution in [0.25, 0.3) is 0 Å². The molecule has 3 heteroatoms. The van der Waals surface area contributed by atoms with E-state index < -0.39 is 0 Å². The van der Waals surface area contributed by atoms with Crippen molar-refractivity contribution in [2.75, 3.05) is 31.4 Å². The lowest BCUT2D eigenvalue weighted by molar-refractivity contribution is 0.279. The monoisotopic (exact) mass is 193 g/mol. The summed E-state index contributed by atoms with van der Waals surface area (Å²) in [4.78, 5) is 2.40. The molecular formula is C8H19NS2. The normalized spacial score (nSPS) is 13.9. The molecule has 0 aliphatic heterocycles. The molecule has 0 aromatic rings. The van der Waals surface area contributed by atoms with Crippen LogP contribution < -0.4 is 0 Å². The molecule has 11 heavy (non-hydrogen) atoms. The standard InChI is InChI=1S/C8H19NS2/c1-8(7-11-3)9(2)5-4-6-10/h8,10H,4-7H2,1-3H3. The summed E-state index contributed by atoms with van der Waals surface area (Å²) in [7, 11) is 2.18. The molecule has 0 rings (SSSR count). The summed E-state index contributed by atoms with van der Waals surface area (Å²) in [6.07, 6.45) is 3.35. The molecule has 1 nitrogen and oxygen atoms in total. The maximum absolute atomic E-state index is 4.18. The van der Waals surface area contributed by atoms with Crippen LogP contribution in [0.15, 0.2) is 0 Å². The summed E-state index contributed by atoms with van der Waals surface area (Å²) < 4.78 is 0. The molecule has 0 fully saturated rings. The van der Waals surface area contributed by atoms with E-state index in [9.17, 15) is 0 Å². The van der Waals surface area contributed by atoms with Crippen molar-refractivity contribution in [3.05, 3.63) is 0 Å². The Kier molecular flexibility index (Phi) is 7.76. The molecule has 0 N–H and O–H groups in total. The zero-order valence-corrected chi connectivity index (χ0v) is 9.42. The Hall–Kier alpha value is 0.660. The molecule has 0 saturated heterocycles. The summed E-state index contributed by atoms with van der Waals surface area (Å²) in [5.74, 6) is 2.22. The van der Waals surface area contributed by atoms with E-state index in [4.69, 9.17) is 0 Å². The predicted octanol–water partition coefficient (Wildman–Crippen LogP) is 1.99. The quantitative estimate of drug-likeness (QED) is 0.643. The van der Waals surface area contributed by atoms with Crippen molar-refractivity contribution in [3.8, 4) is 0 Å². The number of rotatable bonds is 6. The van der Waals surface area contributed by atoms with E-state index in [0.29, 0.717) is 6.04 Å². The first-order valence-electron chi connectivity index (χ1n) is 4.02. The maximum Gasteiger partial charge on any atom is 0.0154 e. The van der Waals surface area contributed by atoms with Crippen LogP contribution in [-0.4, -0.2) is 42.3 Å². The van der Waals surface area contributed by atoms with E-state index in [1.54, 1.807) is 0 Å². The molecule has 0 radical (unpaired) electrons. The fourth-order valence-electron chi connectivity index (χ4n) is 0.909. The predicted molar refractivity (Wildman–Crippen MR) is 58.9 cm³/mol. The molecule has 0 aromatic heterocycles. The topological polar surface area (TPSA) is 3.24 Å². The van der Waals surface area contributed by atoms with Gasteiger partial charge in [-0.1, -0.05) is 0 Å². The Morgan fingerprint density at radius 1 is 1.55 bits per heavy atom. The van der Waals surface area contributed by atoms with Crippen LogP contribution in [-0.2, 0) is 0 Å². The summed E-state index contributed by atoms with van der Waals surface area (Å²) in [5.41, 5.74) is 0. The largest absolute Gasteiger partial charge is 0.303 e. The van der Waals surface area contributed by atoms with Gasteiger partial charge in [-0.3, -0.25) is 0 Å². The van der Waals surface area contributed by atoms with Crippen molar-refractivity contribution in [2.45, 2.75) is 19.4 Å². The van der Waals surface area contributed by atoms with Gasteiger partial charge in [0.15, 0.2) is 0 Å². The van der Waals surface area contributed by atoms with Crippen LogP contribution in [0, 0.1) is 0 Å². The molecule has 1 unspecified atom stereocenters. The van der Waals surface area contributed by atoms with Crippen molar-refractivity contribution in [1.29, 1.82) is 0 Å². The molecule has 1 atom stereocenters. The lowest BCUT2D eigenvalue weighted by Crippen LogP contribution is -2.31. The van der Waals surface area contributed by atoms with Gasteiger partial charge in [0.05, 0.1) is 0 Å². The third kappa shape index (κ3) is 5.88. The average molecular weight is 193 g/mol. The van der Waals surface area contributed by atoms with E-state index in [0.717, 1.165) is 5.75 Å². The lowest BCUT2D eigenvalue weighted by Gasteiger charge is -2.23. The second kappa shape index (κ2) is 7.32. The van der Waals surface area contributed by atoms with Gasteiger partial charge in [-0.2, -0.15) is 24.4 Å². The molecule has 0 spiro atoms. The van der Waals surface area contributed by atoms with Gasteiger partial charge < -0.3 is 4.90 Å². The Balaban J connectivity index is 3.38. The Morgan fingerprint density at radius 3 is 2.64 bits per heavy atom. The van der Waals surface area contributed by atoms with Crippen LogP contribution in [0.3, 0.4) is 0 Å². The van der Waals surface area contributed by atoms with E-state index in [1.165, 1.54) is 18.7 Å². The van der Waals surface area contributed by atoms with Gasteiger partial charge in [0.1, 0.15) is 0 Å². The maximum atomic E-state index is 4.18. The highest BCUT2D eigenvalue weighted by atomic mass is 32.2. The summed E-state index contributed by atoms with van der Waals surface area (Å²) >= 11 is 6.09. The molecular weight excluding hydrogens is 174 g/mol. The SMILES string of the molecule is CSCC(C)N(C)CCCS. The summed E-state index contributed by atoms with van der Waals surface area (Å²) in [6, 6.07) is 0.699. The van der Waals surface area contributed by atoms with Gasteiger partial charge in [-0.15, -0.1) is 0 Å². The number of thiol groups is 1. The highest BCUT2D eigenvalue weighted by molar-refractivity contribution is 7.98. The minimum Gasteiger partial charge on any atom is -0.303 e. The highest BCUT2D eigenvalue weighted by Gasteiger charge is 2.06. The summed E-state index contributed by atoms with van der Waals surface area (Å²) in [6.45, 7) is 3.44. The van der Waals surface area contributed by atoms with E-state index >= 15 is 0 Å². The Bertz CT molecular complexity index is 88.2. The number of hydrogen-bond donors (Lipinski definition) is 1. The summed E-state index contributed by atoms with van der Waals surface area (Å²) in [5, 5.41) is 0.